The normalized spacial score (nSPS) is 10.9. The molecule has 32 heavy (non-hydrogen) atoms. The number of hydrogen-bond acceptors (Lipinski definition) is 3. The van der Waals surface area contributed by atoms with Crippen LogP contribution < -0.4 is 10.6 Å². The second kappa shape index (κ2) is 8.63. The highest BCUT2D eigenvalue weighted by Gasteiger charge is 2.18. The molecule has 2 amide bonds. The summed E-state index contributed by atoms with van der Waals surface area (Å²) in [7, 11) is 0. The molecule has 0 spiro atoms. The minimum Gasteiger partial charge on any atom is -0.326 e. The van der Waals surface area contributed by atoms with Crippen LogP contribution in [0.5, 0.6) is 0 Å². The van der Waals surface area contributed by atoms with Gasteiger partial charge in [0.25, 0.3) is 0 Å². The Balaban J connectivity index is 1.68. The van der Waals surface area contributed by atoms with Gasteiger partial charge in [-0.25, -0.2) is 9.37 Å². The second-order valence-corrected chi connectivity index (χ2v) is 7.79. The van der Waals surface area contributed by atoms with E-state index in [1.54, 1.807) is 43.3 Å². The fourth-order valence-electron chi connectivity index (χ4n) is 3.63. The van der Waals surface area contributed by atoms with Crippen molar-refractivity contribution >= 4 is 28.8 Å². The fourth-order valence-corrected chi connectivity index (χ4v) is 3.63. The van der Waals surface area contributed by atoms with Gasteiger partial charge in [0.15, 0.2) is 0 Å². The van der Waals surface area contributed by atoms with Crippen LogP contribution in [-0.2, 0) is 16.0 Å². The topological polar surface area (TPSA) is 75.5 Å². The highest BCUT2D eigenvalue weighted by Crippen LogP contribution is 2.27. The predicted octanol–water partition coefficient (Wildman–Crippen LogP) is 4.90. The summed E-state index contributed by atoms with van der Waals surface area (Å²) in [5.41, 5.74) is 5.53. The molecule has 2 aromatic heterocycles. The number of aromatic nitrogens is 2. The molecular formula is C25H23FN4O2. The first-order chi connectivity index (χ1) is 15.3. The summed E-state index contributed by atoms with van der Waals surface area (Å²) in [6.07, 6.45) is 2.00. The average Bonchev–Trinajstić information content (AvgIpc) is 3.07. The highest BCUT2D eigenvalue weighted by atomic mass is 19.1. The first-order valence-corrected chi connectivity index (χ1v) is 10.2. The first-order valence-electron chi connectivity index (χ1n) is 10.2. The smallest absolute Gasteiger partial charge is 0.230 e. The number of benzene rings is 2. The van der Waals surface area contributed by atoms with E-state index in [1.807, 2.05) is 29.7 Å². The molecule has 7 heteroatoms. The third kappa shape index (κ3) is 4.51. The Morgan fingerprint density at radius 2 is 1.75 bits per heavy atom. The molecule has 6 nitrogen and oxygen atoms in total. The van der Waals surface area contributed by atoms with E-state index in [2.05, 4.69) is 10.6 Å². The predicted molar refractivity (Wildman–Crippen MR) is 123 cm³/mol. The summed E-state index contributed by atoms with van der Waals surface area (Å²) in [4.78, 5) is 29.0. The van der Waals surface area contributed by atoms with Crippen LogP contribution >= 0.6 is 0 Å². The van der Waals surface area contributed by atoms with Gasteiger partial charge >= 0.3 is 0 Å². The molecule has 0 bridgehead atoms. The van der Waals surface area contributed by atoms with Crippen LogP contribution in [0.1, 0.15) is 23.7 Å². The van der Waals surface area contributed by atoms with Crippen LogP contribution in [0.2, 0.25) is 0 Å². The third-order valence-electron chi connectivity index (χ3n) is 5.09. The summed E-state index contributed by atoms with van der Waals surface area (Å²) in [6.45, 7) is 5.10. The molecule has 2 heterocycles. The number of hydrogen-bond donors (Lipinski definition) is 2. The van der Waals surface area contributed by atoms with Crippen molar-refractivity contribution in [3.8, 4) is 11.3 Å². The fraction of sp³-hybridized carbons (Fsp3) is 0.160. The Kier molecular flexibility index (Phi) is 5.73. The molecule has 2 N–H and O–H groups in total. The van der Waals surface area contributed by atoms with Gasteiger partial charge in [0, 0.05) is 30.1 Å². The van der Waals surface area contributed by atoms with E-state index in [4.69, 9.17) is 4.98 Å². The first kappa shape index (κ1) is 21.2. The summed E-state index contributed by atoms with van der Waals surface area (Å²) in [6, 6.07) is 15.6. The lowest BCUT2D eigenvalue weighted by Gasteiger charge is -2.10. The minimum absolute atomic E-state index is 0.0702. The molecule has 2 aromatic carbocycles. The van der Waals surface area contributed by atoms with Crippen LogP contribution in [0.15, 0.2) is 60.8 Å². The molecule has 0 saturated carbocycles. The summed E-state index contributed by atoms with van der Waals surface area (Å²) >= 11 is 0. The molecule has 0 aliphatic rings. The molecule has 0 unspecified atom stereocenters. The van der Waals surface area contributed by atoms with Crippen molar-refractivity contribution in [1.82, 2.24) is 9.38 Å². The van der Waals surface area contributed by atoms with Gasteiger partial charge < -0.3 is 15.0 Å². The molecule has 4 aromatic rings. The third-order valence-corrected chi connectivity index (χ3v) is 5.09. The number of nitrogens with zero attached hydrogens (tertiary/aromatic N) is 2. The van der Waals surface area contributed by atoms with Gasteiger partial charge in [0.2, 0.25) is 11.8 Å². The van der Waals surface area contributed by atoms with Crippen molar-refractivity contribution in [2.24, 2.45) is 0 Å². The number of carbonyl (C=O) groups is 2. The van der Waals surface area contributed by atoms with Crippen LogP contribution in [-0.4, -0.2) is 21.2 Å². The van der Waals surface area contributed by atoms with Crippen molar-refractivity contribution in [2.45, 2.75) is 27.2 Å². The second-order valence-electron chi connectivity index (χ2n) is 7.79. The lowest BCUT2D eigenvalue weighted by molar-refractivity contribution is -0.116. The number of carbonyl (C=O) groups excluding carboxylic acids is 2. The van der Waals surface area contributed by atoms with E-state index in [0.717, 1.165) is 11.1 Å². The van der Waals surface area contributed by atoms with E-state index in [-0.39, 0.29) is 24.1 Å². The molecular weight excluding hydrogens is 407 g/mol. The summed E-state index contributed by atoms with van der Waals surface area (Å²) in [5, 5.41) is 5.58. The van der Waals surface area contributed by atoms with Gasteiger partial charge in [-0.2, -0.15) is 0 Å². The van der Waals surface area contributed by atoms with E-state index in [9.17, 15) is 14.0 Å². The number of amides is 2. The average molecular weight is 430 g/mol. The van der Waals surface area contributed by atoms with Crippen molar-refractivity contribution in [3.05, 3.63) is 83.4 Å². The molecule has 0 aliphatic carbocycles. The Hall–Kier alpha value is -4.00. The molecule has 0 radical (unpaired) electrons. The van der Waals surface area contributed by atoms with E-state index in [1.165, 1.54) is 13.0 Å². The van der Waals surface area contributed by atoms with Gasteiger partial charge in [0.05, 0.1) is 17.8 Å². The molecule has 0 fully saturated rings. The van der Waals surface area contributed by atoms with Crippen molar-refractivity contribution in [2.75, 3.05) is 10.6 Å². The van der Waals surface area contributed by atoms with Crippen LogP contribution in [0.3, 0.4) is 0 Å². The largest absolute Gasteiger partial charge is 0.326 e. The monoisotopic (exact) mass is 430 g/mol. The number of anilines is 2. The molecule has 0 aliphatic heterocycles. The number of fused-ring (bicyclic) bond motifs is 1. The number of nitrogens with one attached hydrogen (secondary N) is 2. The zero-order valence-electron chi connectivity index (χ0n) is 18.1. The zero-order valence-corrected chi connectivity index (χ0v) is 18.1. The number of imidazole rings is 1. The van der Waals surface area contributed by atoms with Crippen molar-refractivity contribution in [1.29, 1.82) is 0 Å². The number of halogens is 1. The lowest BCUT2D eigenvalue weighted by Crippen LogP contribution is -2.16. The van der Waals surface area contributed by atoms with Gasteiger partial charge in [-0.05, 0) is 67.4 Å². The van der Waals surface area contributed by atoms with Crippen LogP contribution in [0.4, 0.5) is 15.8 Å². The molecule has 162 valence electrons. The Morgan fingerprint density at radius 1 is 1.00 bits per heavy atom. The lowest BCUT2D eigenvalue weighted by atomic mass is 10.1. The van der Waals surface area contributed by atoms with Gasteiger partial charge in [-0.3, -0.25) is 9.59 Å². The maximum atomic E-state index is 13.8. The Labute approximate surface area is 185 Å². The highest BCUT2D eigenvalue weighted by molar-refractivity contribution is 5.95. The quantitative estimate of drug-likeness (QED) is 0.473. The Bertz CT molecular complexity index is 1340. The standard InChI is InChI=1S/C25H23FN4O2/c1-15-7-10-23-29-25(18-8-9-21(26)16(2)11-18)22(30(23)14-15)13-24(32)28-20-6-4-5-19(12-20)27-17(3)31/h4-12,14H,13H2,1-3H3,(H,27,31)(H,28,32). The Morgan fingerprint density at radius 3 is 2.47 bits per heavy atom. The molecule has 0 atom stereocenters. The van der Waals surface area contributed by atoms with Crippen molar-refractivity contribution < 1.29 is 14.0 Å². The van der Waals surface area contributed by atoms with Gasteiger partial charge in [-0.1, -0.05) is 12.1 Å². The number of rotatable bonds is 5. The summed E-state index contributed by atoms with van der Waals surface area (Å²) < 4.78 is 15.7. The molecule has 4 rings (SSSR count). The van der Waals surface area contributed by atoms with E-state index in [0.29, 0.717) is 34.0 Å². The van der Waals surface area contributed by atoms with Crippen molar-refractivity contribution in [3.63, 3.8) is 0 Å². The minimum atomic E-state index is -0.285. The van der Waals surface area contributed by atoms with Crippen LogP contribution in [0.25, 0.3) is 16.9 Å². The molecule has 0 saturated heterocycles. The zero-order chi connectivity index (χ0) is 22.8. The maximum absolute atomic E-state index is 13.8. The van der Waals surface area contributed by atoms with Gasteiger partial charge in [-0.15, -0.1) is 0 Å². The SMILES string of the molecule is CC(=O)Nc1cccc(NC(=O)Cc2c(-c3ccc(F)c(C)c3)nc3ccc(C)cn23)c1. The number of aryl methyl sites for hydroxylation is 2. The van der Waals surface area contributed by atoms with E-state index >= 15 is 0 Å². The van der Waals surface area contributed by atoms with Gasteiger partial charge in [0.1, 0.15) is 11.5 Å². The van der Waals surface area contributed by atoms with Crippen LogP contribution in [0, 0.1) is 19.7 Å². The maximum Gasteiger partial charge on any atom is 0.230 e. The summed E-state index contributed by atoms with van der Waals surface area (Å²) in [5.74, 6) is -0.700. The number of pyridine rings is 1. The van der Waals surface area contributed by atoms with E-state index < -0.39 is 0 Å².